The number of likely N-dealkylation sites (tertiary alicyclic amines) is 1. The van der Waals surface area contributed by atoms with Crippen LogP contribution in [0, 0.1) is 17.6 Å². The van der Waals surface area contributed by atoms with E-state index in [1.165, 1.54) is 25.0 Å². The van der Waals surface area contributed by atoms with Crippen LogP contribution in [0.2, 0.25) is 0 Å². The molecule has 1 saturated carbocycles. The summed E-state index contributed by atoms with van der Waals surface area (Å²) in [6.07, 6.45) is 6.92. The Morgan fingerprint density at radius 1 is 1.11 bits per heavy atom. The zero-order valence-corrected chi connectivity index (χ0v) is 21.2. The molecule has 1 saturated heterocycles. The third-order valence-electron chi connectivity index (χ3n) is 7.57. The van der Waals surface area contributed by atoms with Gasteiger partial charge in [-0.05, 0) is 50.5 Å². The maximum absolute atomic E-state index is 14.2. The van der Waals surface area contributed by atoms with Crippen LogP contribution < -0.4 is 10.6 Å². The van der Waals surface area contributed by atoms with Crippen LogP contribution in [0.25, 0.3) is 11.3 Å². The van der Waals surface area contributed by atoms with E-state index in [2.05, 4.69) is 25.7 Å². The van der Waals surface area contributed by atoms with Crippen LogP contribution in [-0.2, 0) is 4.79 Å². The molecule has 2 aromatic heterocycles. The molecule has 1 aromatic carbocycles. The van der Waals surface area contributed by atoms with Crippen molar-refractivity contribution in [2.75, 3.05) is 13.1 Å². The number of carbonyl (C=O) groups is 2. The molecule has 38 heavy (non-hydrogen) atoms. The lowest BCUT2D eigenvalue weighted by Gasteiger charge is -2.41. The van der Waals surface area contributed by atoms with Crippen molar-refractivity contribution in [2.45, 2.75) is 57.2 Å². The fourth-order valence-corrected chi connectivity index (χ4v) is 5.49. The fourth-order valence-electron chi connectivity index (χ4n) is 5.49. The maximum atomic E-state index is 14.2. The first kappa shape index (κ1) is 26.0. The van der Waals surface area contributed by atoms with Crippen LogP contribution in [0.5, 0.6) is 0 Å². The van der Waals surface area contributed by atoms with Crippen LogP contribution in [0.4, 0.5) is 8.78 Å². The summed E-state index contributed by atoms with van der Waals surface area (Å²) in [4.78, 5) is 33.3. The number of pyridine rings is 1. The predicted octanol–water partition coefficient (Wildman–Crippen LogP) is 4.26. The smallest absolute Gasteiger partial charge is 0.290 e. The first-order valence-electron chi connectivity index (χ1n) is 13.1. The number of amides is 2. The Morgan fingerprint density at radius 3 is 2.66 bits per heavy atom. The minimum absolute atomic E-state index is 0.0276. The van der Waals surface area contributed by atoms with Gasteiger partial charge < -0.3 is 15.2 Å². The third-order valence-corrected chi connectivity index (χ3v) is 7.57. The van der Waals surface area contributed by atoms with Gasteiger partial charge in [-0.2, -0.15) is 0 Å². The lowest BCUT2D eigenvalue weighted by molar-refractivity contribution is -0.128. The predicted molar refractivity (Wildman–Crippen MR) is 136 cm³/mol. The molecule has 3 aromatic rings. The molecule has 3 heterocycles. The molecule has 3 atom stereocenters. The summed E-state index contributed by atoms with van der Waals surface area (Å²) in [5.74, 6) is -2.79. The first-order valence-corrected chi connectivity index (χ1v) is 13.1. The van der Waals surface area contributed by atoms with E-state index in [1.54, 1.807) is 6.20 Å². The van der Waals surface area contributed by atoms with Gasteiger partial charge in [-0.1, -0.05) is 24.1 Å². The van der Waals surface area contributed by atoms with Crippen LogP contribution in [0.15, 0.2) is 53.2 Å². The van der Waals surface area contributed by atoms with Gasteiger partial charge in [0.25, 0.3) is 5.91 Å². The van der Waals surface area contributed by atoms with Gasteiger partial charge in [-0.15, -0.1) is 0 Å². The summed E-state index contributed by atoms with van der Waals surface area (Å²) < 4.78 is 32.6. The number of aromatic nitrogens is 2. The van der Waals surface area contributed by atoms with Gasteiger partial charge in [0.2, 0.25) is 11.7 Å². The second-order valence-electron chi connectivity index (χ2n) is 10.1. The molecule has 2 fully saturated rings. The number of nitrogens with one attached hydrogen (secondary N) is 2. The summed E-state index contributed by atoms with van der Waals surface area (Å²) >= 11 is 0. The Bertz CT molecular complexity index is 1280. The van der Waals surface area contributed by atoms with Gasteiger partial charge >= 0.3 is 0 Å². The second-order valence-corrected chi connectivity index (χ2v) is 10.1. The number of hydrogen-bond donors (Lipinski definition) is 2. The molecular weight excluding hydrogens is 492 g/mol. The third kappa shape index (κ3) is 5.75. The number of carbonyl (C=O) groups excluding carboxylic acids is 2. The minimum Gasteiger partial charge on any atom is -0.350 e. The zero-order chi connectivity index (χ0) is 26.6. The van der Waals surface area contributed by atoms with Crippen molar-refractivity contribution < 1.29 is 22.9 Å². The van der Waals surface area contributed by atoms with Crippen molar-refractivity contribution >= 4 is 11.8 Å². The van der Waals surface area contributed by atoms with Gasteiger partial charge in [0.15, 0.2) is 0 Å². The van der Waals surface area contributed by atoms with Crippen molar-refractivity contribution in [3.8, 4) is 11.3 Å². The average molecular weight is 524 g/mol. The highest BCUT2D eigenvalue weighted by molar-refractivity contribution is 5.93. The lowest BCUT2D eigenvalue weighted by Crippen LogP contribution is -2.57. The van der Waals surface area contributed by atoms with Crippen molar-refractivity contribution in [2.24, 2.45) is 5.92 Å². The molecule has 1 aliphatic carbocycles. The Kier molecular flexibility index (Phi) is 7.78. The van der Waals surface area contributed by atoms with Crippen LogP contribution in [-0.4, -0.2) is 52.0 Å². The summed E-state index contributed by atoms with van der Waals surface area (Å²) in [5.41, 5.74) is 0.870. The maximum Gasteiger partial charge on any atom is 0.290 e. The van der Waals surface area contributed by atoms with E-state index in [1.807, 2.05) is 25.1 Å². The van der Waals surface area contributed by atoms with Crippen molar-refractivity contribution in [3.63, 3.8) is 0 Å². The zero-order valence-electron chi connectivity index (χ0n) is 21.2. The van der Waals surface area contributed by atoms with Crippen molar-refractivity contribution in [3.05, 3.63) is 71.8 Å². The van der Waals surface area contributed by atoms with E-state index < -0.39 is 29.5 Å². The summed E-state index contributed by atoms with van der Waals surface area (Å²) in [5, 5.41) is 9.81. The molecule has 0 spiro atoms. The molecule has 0 radical (unpaired) electrons. The van der Waals surface area contributed by atoms with Crippen LogP contribution in [0.3, 0.4) is 0 Å². The SMILES string of the molecule is C[C@@H](NC(=O)[C@H]1CN(C2CCCC2)CC[C@@H]1NC(=O)c1cc(-c2ccc(F)cc2F)no1)c1ccccn1. The summed E-state index contributed by atoms with van der Waals surface area (Å²) in [7, 11) is 0. The van der Waals surface area contributed by atoms with Crippen molar-refractivity contribution in [1.82, 2.24) is 25.7 Å². The molecule has 0 bridgehead atoms. The van der Waals surface area contributed by atoms with Gasteiger partial charge in [0, 0.05) is 49.1 Å². The molecule has 200 valence electrons. The number of nitrogens with zero attached hydrogens (tertiary/aromatic N) is 3. The largest absolute Gasteiger partial charge is 0.350 e. The number of benzene rings is 1. The molecule has 0 unspecified atom stereocenters. The van der Waals surface area contributed by atoms with E-state index in [0.717, 1.165) is 37.2 Å². The monoisotopic (exact) mass is 523 g/mol. The highest BCUT2D eigenvalue weighted by atomic mass is 19.1. The van der Waals surface area contributed by atoms with E-state index in [9.17, 15) is 18.4 Å². The van der Waals surface area contributed by atoms with Crippen molar-refractivity contribution in [1.29, 1.82) is 0 Å². The standard InChI is InChI=1S/C28H31F2N5O3/c1-17(23-8-4-5-12-31-23)32-27(36)21-16-35(19-6-2-3-7-19)13-11-24(21)33-28(37)26-15-25(34-38-26)20-10-9-18(29)14-22(20)30/h4-5,8-10,12,14-15,17,19,21,24H,2-3,6-7,11,13,16H2,1H3,(H,32,36)(H,33,37)/t17-,21+,24+/m1/s1. The highest BCUT2D eigenvalue weighted by Crippen LogP contribution is 2.29. The molecule has 10 heteroatoms. The second kappa shape index (κ2) is 11.4. The van der Waals surface area contributed by atoms with Gasteiger partial charge in [-0.3, -0.25) is 19.5 Å². The number of piperidine rings is 1. The van der Waals surface area contributed by atoms with E-state index in [4.69, 9.17) is 4.52 Å². The molecule has 1 aliphatic heterocycles. The van der Waals surface area contributed by atoms with Gasteiger partial charge in [0.05, 0.1) is 17.7 Å². The van der Waals surface area contributed by atoms with E-state index in [-0.39, 0.29) is 29.0 Å². The lowest BCUT2D eigenvalue weighted by atomic mass is 9.89. The Hall–Kier alpha value is -3.66. The minimum atomic E-state index is -0.802. The van der Waals surface area contributed by atoms with Gasteiger partial charge in [0.1, 0.15) is 17.3 Å². The van der Waals surface area contributed by atoms with Gasteiger partial charge in [-0.25, -0.2) is 8.78 Å². The quantitative estimate of drug-likeness (QED) is 0.480. The Labute approximate surface area is 219 Å². The Balaban J connectivity index is 1.30. The summed E-state index contributed by atoms with van der Waals surface area (Å²) in [6.45, 7) is 3.20. The normalized spacial score (nSPS) is 21.2. The summed E-state index contributed by atoms with van der Waals surface area (Å²) in [6, 6.07) is 9.72. The molecule has 5 rings (SSSR count). The molecule has 2 amide bonds. The van der Waals surface area contributed by atoms with E-state index in [0.29, 0.717) is 19.0 Å². The number of halogens is 2. The van der Waals surface area contributed by atoms with E-state index >= 15 is 0 Å². The first-order chi connectivity index (χ1) is 18.4. The van der Waals surface area contributed by atoms with Crippen LogP contribution in [0.1, 0.15) is 61.3 Å². The topological polar surface area (TPSA) is 100 Å². The molecule has 8 nitrogen and oxygen atoms in total. The number of hydrogen-bond acceptors (Lipinski definition) is 6. The molecular formula is C28H31F2N5O3. The number of rotatable bonds is 7. The molecule has 2 N–H and O–H groups in total. The van der Waals surface area contributed by atoms with Crippen LogP contribution >= 0.6 is 0 Å². The fraction of sp³-hybridized carbons (Fsp3) is 0.429. The average Bonchev–Trinajstić information content (AvgIpc) is 3.62. The Morgan fingerprint density at radius 2 is 1.92 bits per heavy atom. The highest BCUT2D eigenvalue weighted by Gasteiger charge is 2.39. The molecule has 2 aliphatic rings.